The van der Waals surface area contributed by atoms with Crippen LogP contribution < -0.4 is 5.32 Å². The standard InChI is InChI=1S/C26H40ClN3O2S/c1-3-4-5-6-7-8-9-10-11-12-13-14-15-16-19-32-25(31)22-17-18-23(27)24(20-22)30-26(33-2)29-21-28/h17-18,20H,3-16,19H2,1-2H3,(H,29,30). The van der Waals surface area contributed by atoms with E-state index in [9.17, 15) is 4.79 Å². The predicted octanol–water partition coefficient (Wildman–Crippen LogP) is 8.40. The van der Waals surface area contributed by atoms with Crippen LogP contribution in [-0.4, -0.2) is 24.0 Å². The molecule has 0 bridgehead atoms. The maximum atomic E-state index is 12.3. The zero-order chi connectivity index (χ0) is 24.2. The maximum Gasteiger partial charge on any atom is 0.338 e. The van der Waals surface area contributed by atoms with Gasteiger partial charge in [-0.3, -0.25) is 5.32 Å². The van der Waals surface area contributed by atoms with E-state index in [1.54, 1.807) is 24.5 Å². The fourth-order valence-electron chi connectivity index (χ4n) is 3.55. The van der Waals surface area contributed by atoms with Gasteiger partial charge in [0.15, 0.2) is 11.4 Å². The van der Waals surface area contributed by atoms with E-state index in [0.29, 0.717) is 28.0 Å². The van der Waals surface area contributed by atoms with Gasteiger partial charge in [0.2, 0.25) is 0 Å². The SMILES string of the molecule is CCCCCCCCCCCCCCCCOC(=O)c1ccc(Cl)c(N=C(NC#N)SC)c1. The van der Waals surface area contributed by atoms with Crippen molar-refractivity contribution in [1.29, 1.82) is 5.26 Å². The van der Waals surface area contributed by atoms with Gasteiger partial charge in [-0.05, 0) is 30.9 Å². The number of thioether (sulfide) groups is 1. The van der Waals surface area contributed by atoms with Gasteiger partial charge in [-0.25, -0.2) is 9.79 Å². The number of nitrogens with one attached hydrogen (secondary N) is 1. The molecule has 0 aromatic heterocycles. The first kappa shape index (κ1) is 29.3. The quantitative estimate of drug-likeness (QED) is 0.0588. The molecule has 0 atom stereocenters. The minimum absolute atomic E-state index is 0.378. The zero-order valence-electron chi connectivity index (χ0n) is 20.3. The summed E-state index contributed by atoms with van der Waals surface area (Å²) < 4.78 is 5.41. The molecule has 0 radical (unpaired) electrons. The molecule has 0 fully saturated rings. The van der Waals surface area contributed by atoms with Crippen LogP contribution in [0.3, 0.4) is 0 Å². The lowest BCUT2D eigenvalue weighted by atomic mass is 10.0. The van der Waals surface area contributed by atoms with Crippen molar-refractivity contribution in [3.63, 3.8) is 0 Å². The highest BCUT2D eigenvalue weighted by Gasteiger charge is 2.11. The summed E-state index contributed by atoms with van der Waals surface area (Å²) in [6.45, 7) is 2.68. The number of amidine groups is 1. The molecular formula is C26H40ClN3O2S. The Morgan fingerprint density at radius 2 is 1.55 bits per heavy atom. The topological polar surface area (TPSA) is 74.5 Å². The van der Waals surface area contributed by atoms with E-state index in [2.05, 4.69) is 17.2 Å². The molecule has 1 aromatic rings. The largest absolute Gasteiger partial charge is 0.462 e. The normalized spacial score (nSPS) is 11.3. The van der Waals surface area contributed by atoms with Crippen molar-refractivity contribution in [1.82, 2.24) is 5.32 Å². The number of unbranched alkanes of at least 4 members (excludes halogenated alkanes) is 13. The van der Waals surface area contributed by atoms with E-state index >= 15 is 0 Å². The maximum absolute atomic E-state index is 12.3. The van der Waals surface area contributed by atoms with Crippen molar-refractivity contribution in [2.75, 3.05) is 12.9 Å². The molecule has 0 saturated carbocycles. The number of carbonyl (C=O) groups is 1. The van der Waals surface area contributed by atoms with Crippen LogP contribution in [-0.2, 0) is 4.74 Å². The van der Waals surface area contributed by atoms with E-state index in [0.717, 1.165) is 12.8 Å². The van der Waals surface area contributed by atoms with Crippen LogP contribution >= 0.6 is 23.4 Å². The first-order valence-electron chi connectivity index (χ1n) is 12.4. The third-order valence-corrected chi connectivity index (χ3v) is 6.39. The van der Waals surface area contributed by atoms with Gasteiger partial charge in [-0.2, -0.15) is 5.26 Å². The van der Waals surface area contributed by atoms with Gasteiger partial charge in [0, 0.05) is 0 Å². The summed E-state index contributed by atoms with van der Waals surface area (Å²) in [6.07, 6.45) is 21.8. The summed E-state index contributed by atoms with van der Waals surface area (Å²) in [5.74, 6) is -0.378. The Kier molecular flexibility index (Phi) is 17.5. The van der Waals surface area contributed by atoms with Crippen LogP contribution in [0.4, 0.5) is 5.69 Å². The molecule has 184 valence electrons. The molecule has 0 spiro atoms. The first-order valence-corrected chi connectivity index (χ1v) is 14.0. The monoisotopic (exact) mass is 493 g/mol. The van der Waals surface area contributed by atoms with E-state index in [1.807, 2.05) is 6.19 Å². The Hall–Kier alpha value is -1.71. The van der Waals surface area contributed by atoms with Gasteiger partial charge in [-0.1, -0.05) is 114 Å². The molecule has 33 heavy (non-hydrogen) atoms. The van der Waals surface area contributed by atoms with Gasteiger partial charge in [-0.15, -0.1) is 0 Å². The van der Waals surface area contributed by atoms with Crippen LogP contribution in [0.2, 0.25) is 5.02 Å². The second-order valence-corrected chi connectivity index (χ2v) is 9.46. The van der Waals surface area contributed by atoms with Crippen molar-refractivity contribution in [2.45, 2.75) is 96.8 Å². The number of benzene rings is 1. The van der Waals surface area contributed by atoms with Crippen molar-refractivity contribution in [2.24, 2.45) is 4.99 Å². The Morgan fingerprint density at radius 1 is 1.00 bits per heavy atom. The van der Waals surface area contributed by atoms with E-state index in [1.165, 1.54) is 88.8 Å². The summed E-state index contributed by atoms with van der Waals surface area (Å²) >= 11 is 7.46. The minimum atomic E-state index is -0.378. The number of aliphatic imine (C=N–C) groups is 1. The number of halogens is 1. The Morgan fingerprint density at radius 3 is 2.06 bits per heavy atom. The highest BCUT2D eigenvalue weighted by molar-refractivity contribution is 8.13. The molecule has 0 aliphatic carbocycles. The molecule has 0 saturated heterocycles. The summed E-state index contributed by atoms with van der Waals surface area (Å²) in [5.41, 5.74) is 0.829. The molecule has 5 nitrogen and oxygen atoms in total. The lowest BCUT2D eigenvalue weighted by Crippen LogP contribution is -2.12. The average Bonchev–Trinajstić information content (AvgIpc) is 2.82. The highest BCUT2D eigenvalue weighted by Crippen LogP contribution is 2.27. The summed E-state index contributed by atoms with van der Waals surface area (Å²) in [6, 6.07) is 4.84. The second-order valence-electron chi connectivity index (χ2n) is 8.26. The molecule has 1 rings (SSSR count). The summed E-state index contributed by atoms with van der Waals surface area (Å²) in [4.78, 5) is 16.6. The Labute approximate surface area is 209 Å². The van der Waals surface area contributed by atoms with Gasteiger partial charge >= 0.3 is 5.97 Å². The molecule has 1 aromatic carbocycles. The third kappa shape index (κ3) is 14.2. The van der Waals surface area contributed by atoms with Gasteiger partial charge in [0.05, 0.1) is 22.9 Å². The summed E-state index contributed by atoms with van der Waals surface area (Å²) in [7, 11) is 0. The van der Waals surface area contributed by atoms with Gasteiger partial charge in [0.25, 0.3) is 0 Å². The molecule has 0 amide bonds. The van der Waals surface area contributed by atoms with Crippen LogP contribution in [0.15, 0.2) is 23.2 Å². The number of hydrogen-bond donors (Lipinski definition) is 1. The molecule has 0 aliphatic rings. The van der Waals surface area contributed by atoms with Gasteiger partial charge in [0.1, 0.15) is 0 Å². The van der Waals surface area contributed by atoms with Crippen molar-refractivity contribution in [3.8, 4) is 6.19 Å². The molecule has 0 aliphatic heterocycles. The highest BCUT2D eigenvalue weighted by atomic mass is 35.5. The van der Waals surface area contributed by atoms with E-state index < -0.39 is 0 Å². The van der Waals surface area contributed by atoms with E-state index in [4.69, 9.17) is 21.6 Å². The van der Waals surface area contributed by atoms with Crippen molar-refractivity contribution >= 4 is 40.2 Å². The predicted molar refractivity (Wildman–Crippen MR) is 141 cm³/mol. The van der Waals surface area contributed by atoms with Crippen LogP contribution in [0, 0.1) is 11.5 Å². The number of nitrogens with zero attached hydrogens (tertiary/aromatic N) is 2. The molecule has 0 unspecified atom stereocenters. The average molecular weight is 494 g/mol. The van der Waals surface area contributed by atoms with Gasteiger partial charge < -0.3 is 4.74 Å². The number of rotatable bonds is 17. The fraction of sp³-hybridized carbons (Fsp3) is 0.654. The second kappa shape index (κ2) is 19.7. The molecule has 0 heterocycles. The molecule has 7 heteroatoms. The fourth-order valence-corrected chi connectivity index (χ4v) is 4.05. The zero-order valence-corrected chi connectivity index (χ0v) is 21.9. The van der Waals surface area contributed by atoms with Crippen LogP contribution in [0.25, 0.3) is 0 Å². The number of carbonyl (C=O) groups excluding carboxylic acids is 1. The van der Waals surface area contributed by atoms with Crippen LogP contribution in [0.1, 0.15) is 107 Å². The Balaban J connectivity index is 2.14. The first-order chi connectivity index (χ1) is 16.1. The summed E-state index contributed by atoms with van der Waals surface area (Å²) in [5, 5.41) is 12.1. The number of hydrogen-bond acceptors (Lipinski definition) is 5. The lowest BCUT2D eigenvalue weighted by molar-refractivity contribution is 0.0497. The minimum Gasteiger partial charge on any atom is -0.462 e. The smallest absolute Gasteiger partial charge is 0.338 e. The molecular weight excluding hydrogens is 454 g/mol. The van der Waals surface area contributed by atoms with Crippen LogP contribution in [0.5, 0.6) is 0 Å². The lowest BCUT2D eigenvalue weighted by Gasteiger charge is -2.07. The van der Waals surface area contributed by atoms with E-state index in [-0.39, 0.29) is 5.97 Å². The number of ether oxygens (including phenoxy) is 1. The number of nitriles is 1. The van der Waals surface area contributed by atoms with Crippen molar-refractivity contribution < 1.29 is 9.53 Å². The number of esters is 1. The Bertz CT molecular complexity index is 750. The third-order valence-electron chi connectivity index (χ3n) is 5.49. The molecule has 1 N–H and O–H groups in total. The van der Waals surface area contributed by atoms with Crippen molar-refractivity contribution in [3.05, 3.63) is 28.8 Å².